The van der Waals surface area contributed by atoms with E-state index in [0.717, 1.165) is 45.2 Å². The maximum atomic E-state index is 11.6. The second kappa shape index (κ2) is 7.40. The average Bonchev–Trinajstić information content (AvgIpc) is 2.51. The summed E-state index contributed by atoms with van der Waals surface area (Å²) in [4.78, 5) is 13.9. The third kappa shape index (κ3) is 3.26. The third-order valence-corrected chi connectivity index (χ3v) is 5.21. The smallest absolute Gasteiger partial charge is 0.221 e. The number of primary amides is 1. The first-order chi connectivity index (χ1) is 10.5. The molecule has 2 rings (SSSR count). The van der Waals surface area contributed by atoms with Crippen LogP contribution in [0.15, 0.2) is 25.3 Å². The van der Waals surface area contributed by atoms with Crippen molar-refractivity contribution in [3.05, 3.63) is 25.3 Å². The van der Waals surface area contributed by atoms with Gasteiger partial charge in [-0.15, -0.1) is 13.2 Å². The number of nitrogens with zero attached hydrogens (tertiary/aromatic N) is 1. The Morgan fingerprint density at radius 2 is 2.18 bits per heavy atom. The van der Waals surface area contributed by atoms with Crippen molar-refractivity contribution < 1.29 is 9.90 Å². The molecule has 2 heterocycles. The number of piperidine rings is 2. The van der Waals surface area contributed by atoms with Gasteiger partial charge in [0.2, 0.25) is 5.91 Å². The minimum absolute atomic E-state index is 0.0448. The Hall–Kier alpha value is -1.17. The molecule has 2 fully saturated rings. The fraction of sp³-hybridized carbons (Fsp3) is 0.706. The first-order valence-corrected chi connectivity index (χ1v) is 8.24. The van der Waals surface area contributed by atoms with Gasteiger partial charge in [-0.3, -0.25) is 15.0 Å². The van der Waals surface area contributed by atoms with Gasteiger partial charge in [-0.05, 0) is 45.2 Å². The molecule has 0 radical (unpaired) electrons. The van der Waals surface area contributed by atoms with E-state index in [9.17, 15) is 9.90 Å². The lowest BCUT2D eigenvalue weighted by molar-refractivity contribution is -0.128. The van der Waals surface area contributed by atoms with Crippen molar-refractivity contribution in [1.29, 1.82) is 0 Å². The highest BCUT2D eigenvalue weighted by molar-refractivity contribution is 5.77. The number of carbonyl (C=O) groups excluding carboxylic acids is 1. The van der Waals surface area contributed by atoms with E-state index in [1.165, 1.54) is 0 Å². The van der Waals surface area contributed by atoms with Crippen LogP contribution in [0, 0.1) is 11.8 Å². The summed E-state index contributed by atoms with van der Waals surface area (Å²) in [7, 11) is 0. The number of nitrogens with one attached hydrogen (secondary N) is 1. The maximum absolute atomic E-state index is 11.6. The minimum Gasteiger partial charge on any atom is -0.393 e. The van der Waals surface area contributed by atoms with E-state index in [2.05, 4.69) is 23.4 Å². The number of likely N-dealkylation sites (tertiary alicyclic amines) is 1. The van der Waals surface area contributed by atoms with Crippen molar-refractivity contribution in [3.63, 3.8) is 0 Å². The van der Waals surface area contributed by atoms with Crippen LogP contribution in [0.25, 0.3) is 0 Å². The monoisotopic (exact) mass is 307 g/mol. The van der Waals surface area contributed by atoms with Gasteiger partial charge in [-0.1, -0.05) is 12.2 Å². The Morgan fingerprint density at radius 3 is 2.82 bits per heavy atom. The minimum atomic E-state index is -0.367. The van der Waals surface area contributed by atoms with Gasteiger partial charge in [-0.2, -0.15) is 0 Å². The lowest BCUT2D eigenvalue weighted by Crippen LogP contribution is -2.70. The molecule has 5 nitrogen and oxygen atoms in total. The second-order valence-corrected chi connectivity index (χ2v) is 6.52. The van der Waals surface area contributed by atoms with Crippen molar-refractivity contribution in [2.45, 2.75) is 43.9 Å². The number of hydrogen-bond acceptors (Lipinski definition) is 4. The molecule has 4 unspecified atom stereocenters. The fourth-order valence-electron chi connectivity index (χ4n) is 4.11. The maximum Gasteiger partial charge on any atom is 0.221 e. The Labute approximate surface area is 133 Å². The highest BCUT2D eigenvalue weighted by atomic mass is 16.3. The van der Waals surface area contributed by atoms with Crippen LogP contribution < -0.4 is 11.1 Å². The lowest BCUT2D eigenvalue weighted by atomic mass is 9.76. The van der Waals surface area contributed by atoms with E-state index in [1.54, 1.807) is 0 Å². The topological polar surface area (TPSA) is 78.6 Å². The van der Waals surface area contributed by atoms with Crippen molar-refractivity contribution in [2.75, 3.05) is 19.6 Å². The van der Waals surface area contributed by atoms with E-state index in [-0.39, 0.29) is 29.5 Å². The van der Waals surface area contributed by atoms with Crippen LogP contribution in [0.3, 0.4) is 0 Å². The number of amides is 1. The highest BCUT2D eigenvalue weighted by Crippen LogP contribution is 2.38. The molecule has 2 aliphatic rings. The molecular formula is C17H29N3O2. The van der Waals surface area contributed by atoms with E-state index < -0.39 is 0 Å². The number of hydrogen-bond donors (Lipinski definition) is 3. The van der Waals surface area contributed by atoms with Crippen molar-refractivity contribution in [2.24, 2.45) is 17.6 Å². The molecule has 124 valence electrons. The molecule has 0 aromatic rings. The number of nitrogens with two attached hydrogens (primary N) is 1. The van der Waals surface area contributed by atoms with Gasteiger partial charge in [0.1, 0.15) is 0 Å². The van der Waals surface area contributed by atoms with Crippen molar-refractivity contribution in [1.82, 2.24) is 10.2 Å². The fourth-order valence-corrected chi connectivity index (χ4v) is 4.11. The molecule has 2 saturated heterocycles. The van der Waals surface area contributed by atoms with Gasteiger partial charge < -0.3 is 10.8 Å². The standard InChI is InChI=1S/C17H29N3O2/c1-3-6-14-15(21)8-10-19-17(14,9-4-2)20-11-5-7-13(12-20)16(18)22/h3-4,13-15,19,21H,1-2,5-12H2,(H2,18,22). The summed E-state index contributed by atoms with van der Waals surface area (Å²) in [5.74, 6) is -0.292. The third-order valence-electron chi connectivity index (χ3n) is 5.21. The van der Waals surface area contributed by atoms with Crippen LogP contribution in [0.2, 0.25) is 0 Å². The van der Waals surface area contributed by atoms with Gasteiger partial charge in [0.25, 0.3) is 0 Å². The molecule has 0 saturated carbocycles. The van der Waals surface area contributed by atoms with Gasteiger partial charge in [0, 0.05) is 12.5 Å². The molecule has 1 amide bonds. The van der Waals surface area contributed by atoms with Gasteiger partial charge in [0.05, 0.1) is 17.7 Å². The molecule has 22 heavy (non-hydrogen) atoms. The number of aliphatic hydroxyl groups is 1. The summed E-state index contributed by atoms with van der Waals surface area (Å²) in [6.45, 7) is 10.1. The van der Waals surface area contributed by atoms with E-state index in [1.807, 2.05) is 12.2 Å². The molecule has 0 aliphatic carbocycles. The van der Waals surface area contributed by atoms with Crippen LogP contribution in [-0.2, 0) is 4.79 Å². The van der Waals surface area contributed by atoms with E-state index >= 15 is 0 Å². The van der Waals surface area contributed by atoms with Gasteiger partial charge in [-0.25, -0.2) is 0 Å². The average molecular weight is 307 g/mol. The summed E-state index contributed by atoms with van der Waals surface area (Å²) >= 11 is 0. The molecular weight excluding hydrogens is 278 g/mol. The Bertz CT molecular complexity index is 426. The van der Waals surface area contributed by atoms with E-state index in [4.69, 9.17) is 5.73 Å². The Balaban J connectivity index is 2.30. The predicted molar refractivity (Wildman–Crippen MR) is 88.0 cm³/mol. The summed E-state index contributed by atoms with van der Waals surface area (Å²) in [6, 6.07) is 0. The highest BCUT2D eigenvalue weighted by Gasteiger charge is 2.48. The van der Waals surface area contributed by atoms with Crippen molar-refractivity contribution in [3.8, 4) is 0 Å². The summed E-state index contributed by atoms with van der Waals surface area (Å²) in [5.41, 5.74) is 5.17. The Morgan fingerprint density at radius 1 is 1.41 bits per heavy atom. The molecule has 4 atom stereocenters. The molecule has 0 aromatic carbocycles. The zero-order valence-electron chi connectivity index (χ0n) is 13.3. The quantitative estimate of drug-likeness (QED) is 0.640. The Kier molecular flexibility index (Phi) is 5.78. The van der Waals surface area contributed by atoms with Crippen LogP contribution in [0.1, 0.15) is 32.1 Å². The molecule has 0 aromatic heterocycles. The molecule has 5 heteroatoms. The molecule has 2 aliphatic heterocycles. The van der Waals surface area contributed by atoms with Crippen LogP contribution in [0.5, 0.6) is 0 Å². The molecule has 0 spiro atoms. The van der Waals surface area contributed by atoms with Gasteiger partial charge >= 0.3 is 0 Å². The van der Waals surface area contributed by atoms with Crippen LogP contribution in [-0.4, -0.2) is 47.3 Å². The van der Waals surface area contributed by atoms with Crippen LogP contribution in [0.4, 0.5) is 0 Å². The molecule has 0 bridgehead atoms. The zero-order valence-corrected chi connectivity index (χ0v) is 13.3. The first kappa shape index (κ1) is 17.2. The van der Waals surface area contributed by atoms with Gasteiger partial charge in [0.15, 0.2) is 0 Å². The zero-order chi connectivity index (χ0) is 16.2. The lowest BCUT2D eigenvalue weighted by Gasteiger charge is -2.55. The number of rotatable bonds is 6. The van der Waals surface area contributed by atoms with Crippen LogP contribution >= 0.6 is 0 Å². The summed E-state index contributed by atoms with van der Waals surface area (Å²) in [6.07, 6.45) is 7.41. The van der Waals surface area contributed by atoms with Crippen molar-refractivity contribution >= 4 is 5.91 Å². The summed E-state index contributed by atoms with van der Waals surface area (Å²) in [5, 5.41) is 14.2. The number of aliphatic hydroxyl groups excluding tert-OH is 1. The predicted octanol–water partition coefficient (Wildman–Crippen LogP) is 1.00. The second-order valence-electron chi connectivity index (χ2n) is 6.52. The first-order valence-electron chi connectivity index (χ1n) is 8.24. The normalized spacial score (nSPS) is 36.7. The number of allylic oxidation sites excluding steroid dienone is 1. The summed E-state index contributed by atoms with van der Waals surface area (Å²) < 4.78 is 0. The largest absolute Gasteiger partial charge is 0.393 e. The SMILES string of the molecule is C=CCC1C(O)CCNC1(CC=C)N1CCCC(C(N)=O)C1. The van der Waals surface area contributed by atoms with E-state index in [0.29, 0.717) is 6.54 Å². The molecule has 4 N–H and O–H groups in total. The number of carbonyl (C=O) groups is 1.